The molecule has 4 rings (SSSR count). The quantitative estimate of drug-likeness (QED) is 0.396. The topological polar surface area (TPSA) is 65.7 Å². The van der Waals surface area contributed by atoms with Crippen LogP contribution < -0.4 is 15.1 Å². The van der Waals surface area contributed by atoms with Gasteiger partial charge >= 0.3 is 11.6 Å². The highest BCUT2D eigenvalue weighted by molar-refractivity contribution is 5.93. The summed E-state index contributed by atoms with van der Waals surface area (Å²) in [6.07, 6.45) is 3.72. The summed E-state index contributed by atoms with van der Waals surface area (Å²) in [6, 6.07) is 10.4. The molecule has 138 valence electrons. The molecule has 0 spiro atoms. The largest absolute Gasteiger partial charge is 0.497 e. The van der Waals surface area contributed by atoms with Crippen molar-refractivity contribution in [3.8, 4) is 11.5 Å². The van der Waals surface area contributed by atoms with Crippen LogP contribution in [0.5, 0.6) is 11.5 Å². The number of carbonyl (C=O) groups is 1. The highest BCUT2D eigenvalue weighted by Crippen LogP contribution is 2.32. The van der Waals surface area contributed by atoms with E-state index in [4.69, 9.17) is 13.9 Å². The molecule has 1 heterocycles. The maximum Gasteiger partial charge on any atom is 0.343 e. The molecule has 0 radical (unpaired) electrons. The van der Waals surface area contributed by atoms with E-state index in [0.29, 0.717) is 28.2 Å². The molecule has 0 aliphatic heterocycles. The van der Waals surface area contributed by atoms with Gasteiger partial charge < -0.3 is 13.9 Å². The molecule has 5 heteroatoms. The minimum Gasteiger partial charge on any atom is -0.497 e. The SMILES string of the molecule is COc1ccc(C(=O)Oc2ccc3c4c(c(=O)oc3c2C)CCCC4)cc1. The second kappa shape index (κ2) is 6.91. The second-order valence-corrected chi connectivity index (χ2v) is 6.74. The highest BCUT2D eigenvalue weighted by Gasteiger charge is 2.21. The molecule has 0 bridgehead atoms. The third kappa shape index (κ3) is 3.10. The van der Waals surface area contributed by atoms with Crippen LogP contribution in [0.1, 0.15) is 39.9 Å². The molecule has 5 nitrogen and oxygen atoms in total. The van der Waals surface area contributed by atoms with Crippen molar-refractivity contribution in [3.63, 3.8) is 0 Å². The standard InChI is InChI=1S/C22H20O5/c1-13-19(26-21(23)14-7-9-15(25-2)10-8-14)12-11-17-16-5-3-4-6-18(16)22(24)27-20(13)17/h7-12H,3-6H2,1-2H3. The number of carbonyl (C=O) groups excluding carboxylic acids is 1. The first-order valence-electron chi connectivity index (χ1n) is 9.03. The molecule has 1 aliphatic rings. The first-order valence-corrected chi connectivity index (χ1v) is 9.03. The van der Waals surface area contributed by atoms with E-state index in [1.54, 1.807) is 44.4 Å². The molecule has 1 aliphatic carbocycles. The summed E-state index contributed by atoms with van der Waals surface area (Å²) in [5.41, 5.74) is 3.15. The molecule has 0 fully saturated rings. The van der Waals surface area contributed by atoms with Crippen LogP contribution in [0.4, 0.5) is 0 Å². The fourth-order valence-corrected chi connectivity index (χ4v) is 3.62. The fourth-order valence-electron chi connectivity index (χ4n) is 3.62. The van der Waals surface area contributed by atoms with Gasteiger partial charge in [0.2, 0.25) is 0 Å². The van der Waals surface area contributed by atoms with Gasteiger partial charge in [-0.1, -0.05) is 0 Å². The summed E-state index contributed by atoms with van der Waals surface area (Å²) < 4.78 is 16.2. The lowest BCUT2D eigenvalue weighted by Crippen LogP contribution is -2.16. The lowest BCUT2D eigenvalue weighted by molar-refractivity contribution is 0.0733. The van der Waals surface area contributed by atoms with Gasteiger partial charge in [-0.15, -0.1) is 0 Å². The predicted octanol–water partition coefficient (Wildman–Crippen LogP) is 4.21. The van der Waals surface area contributed by atoms with Gasteiger partial charge in [0.25, 0.3) is 0 Å². The van der Waals surface area contributed by atoms with Gasteiger partial charge in [-0.3, -0.25) is 0 Å². The van der Waals surface area contributed by atoms with Crippen molar-refractivity contribution in [1.29, 1.82) is 0 Å². The Bertz CT molecular complexity index is 1080. The van der Waals surface area contributed by atoms with E-state index in [1.165, 1.54) is 0 Å². The third-order valence-corrected chi connectivity index (χ3v) is 5.12. The zero-order chi connectivity index (χ0) is 19.0. The maximum atomic E-state index is 12.4. The summed E-state index contributed by atoms with van der Waals surface area (Å²) in [7, 11) is 1.57. The Hall–Kier alpha value is -3.08. The van der Waals surface area contributed by atoms with E-state index in [-0.39, 0.29) is 5.63 Å². The second-order valence-electron chi connectivity index (χ2n) is 6.74. The molecule has 0 saturated heterocycles. The van der Waals surface area contributed by atoms with Gasteiger partial charge in [-0.2, -0.15) is 0 Å². The highest BCUT2D eigenvalue weighted by atomic mass is 16.5. The van der Waals surface area contributed by atoms with Gasteiger partial charge in [0.1, 0.15) is 17.1 Å². The Balaban J connectivity index is 1.71. The summed E-state index contributed by atoms with van der Waals surface area (Å²) >= 11 is 0. The van der Waals surface area contributed by atoms with Crippen molar-refractivity contribution < 1.29 is 18.7 Å². The van der Waals surface area contributed by atoms with Crippen LogP contribution in [0, 0.1) is 6.92 Å². The summed E-state index contributed by atoms with van der Waals surface area (Å²) in [4.78, 5) is 24.8. The molecular formula is C22H20O5. The van der Waals surface area contributed by atoms with E-state index in [1.807, 2.05) is 6.07 Å². The number of methoxy groups -OCH3 is 1. The molecule has 0 atom stereocenters. The normalized spacial score (nSPS) is 13.3. The zero-order valence-electron chi connectivity index (χ0n) is 15.3. The van der Waals surface area contributed by atoms with Crippen LogP contribution in [-0.2, 0) is 12.8 Å². The monoisotopic (exact) mass is 364 g/mol. The average molecular weight is 364 g/mol. The zero-order valence-corrected chi connectivity index (χ0v) is 15.3. The van der Waals surface area contributed by atoms with Gasteiger partial charge in [-0.25, -0.2) is 9.59 Å². The summed E-state index contributed by atoms with van der Waals surface area (Å²) in [6.45, 7) is 1.80. The van der Waals surface area contributed by atoms with Crippen molar-refractivity contribution in [3.05, 3.63) is 69.1 Å². The molecule has 0 N–H and O–H groups in total. The third-order valence-electron chi connectivity index (χ3n) is 5.12. The van der Waals surface area contributed by atoms with Crippen LogP contribution >= 0.6 is 0 Å². The Morgan fingerprint density at radius 3 is 2.41 bits per heavy atom. The molecule has 0 saturated carbocycles. The van der Waals surface area contributed by atoms with Gasteiger partial charge in [0, 0.05) is 16.5 Å². The number of esters is 1. The predicted molar refractivity (Wildman–Crippen MR) is 102 cm³/mol. The van der Waals surface area contributed by atoms with Gasteiger partial charge in [0.05, 0.1) is 12.7 Å². The number of fused-ring (bicyclic) bond motifs is 3. The van der Waals surface area contributed by atoms with Crippen LogP contribution in [0.25, 0.3) is 11.0 Å². The van der Waals surface area contributed by atoms with E-state index >= 15 is 0 Å². The van der Waals surface area contributed by atoms with E-state index < -0.39 is 5.97 Å². The number of aryl methyl sites for hydroxylation is 2. The first-order chi connectivity index (χ1) is 13.1. The summed E-state index contributed by atoms with van der Waals surface area (Å²) in [5.74, 6) is 0.586. The minimum atomic E-state index is -0.472. The fraction of sp³-hybridized carbons (Fsp3) is 0.273. The van der Waals surface area contributed by atoms with E-state index in [2.05, 4.69) is 0 Å². The number of benzene rings is 2. The molecule has 0 amide bonds. The molecule has 2 aromatic carbocycles. The molecule has 27 heavy (non-hydrogen) atoms. The Labute approximate surface area is 156 Å². The maximum absolute atomic E-state index is 12.4. The van der Waals surface area contributed by atoms with Gasteiger partial charge in [0.15, 0.2) is 0 Å². The number of hydrogen-bond donors (Lipinski definition) is 0. The molecule has 1 aromatic heterocycles. The lowest BCUT2D eigenvalue weighted by atomic mass is 9.90. The molecular weight excluding hydrogens is 344 g/mol. The minimum absolute atomic E-state index is 0.279. The van der Waals surface area contributed by atoms with Crippen molar-refractivity contribution in [2.24, 2.45) is 0 Å². The Morgan fingerprint density at radius 2 is 1.70 bits per heavy atom. The van der Waals surface area contributed by atoms with Crippen molar-refractivity contribution in [2.75, 3.05) is 7.11 Å². The molecule has 3 aromatic rings. The average Bonchev–Trinajstić information content (AvgIpc) is 2.71. The van der Waals surface area contributed by atoms with E-state index in [9.17, 15) is 9.59 Å². The Morgan fingerprint density at radius 1 is 1.00 bits per heavy atom. The van der Waals surface area contributed by atoms with Crippen molar-refractivity contribution >= 4 is 16.9 Å². The van der Waals surface area contributed by atoms with Crippen molar-refractivity contribution in [2.45, 2.75) is 32.6 Å². The lowest BCUT2D eigenvalue weighted by Gasteiger charge is -2.17. The van der Waals surface area contributed by atoms with Crippen LogP contribution in [0.2, 0.25) is 0 Å². The van der Waals surface area contributed by atoms with Crippen molar-refractivity contribution in [1.82, 2.24) is 0 Å². The van der Waals surface area contributed by atoms with Crippen LogP contribution in [-0.4, -0.2) is 13.1 Å². The number of ether oxygens (including phenoxy) is 2. The van der Waals surface area contributed by atoms with Gasteiger partial charge in [-0.05, 0) is 74.6 Å². The van der Waals surface area contributed by atoms with Crippen LogP contribution in [0.3, 0.4) is 0 Å². The number of hydrogen-bond acceptors (Lipinski definition) is 5. The number of rotatable bonds is 3. The first kappa shape index (κ1) is 17.3. The Kier molecular flexibility index (Phi) is 4.44. The smallest absolute Gasteiger partial charge is 0.343 e. The van der Waals surface area contributed by atoms with Crippen LogP contribution in [0.15, 0.2) is 45.6 Å². The van der Waals surface area contributed by atoms with E-state index in [0.717, 1.165) is 42.2 Å². The summed E-state index contributed by atoms with van der Waals surface area (Å²) in [5, 5.41) is 0.936. The molecule has 0 unspecified atom stereocenters.